The van der Waals surface area contributed by atoms with Gasteiger partial charge in [0.2, 0.25) is 0 Å². The summed E-state index contributed by atoms with van der Waals surface area (Å²) in [5.74, 6) is 1.14. The Morgan fingerprint density at radius 3 is 2.50 bits per heavy atom. The predicted octanol–water partition coefficient (Wildman–Crippen LogP) is 5.70. The van der Waals surface area contributed by atoms with Gasteiger partial charge in [0.05, 0.1) is 21.8 Å². The molecule has 4 rings (SSSR count). The maximum absolute atomic E-state index is 13.9. The second-order valence-corrected chi connectivity index (χ2v) is 9.21. The first-order chi connectivity index (χ1) is 16.3. The van der Waals surface area contributed by atoms with Crippen LogP contribution in [0.25, 0.3) is 11.4 Å². The SMILES string of the molecule is C=C(/N=C\c1nc(-c2c(Cl)cccc2Cl)n(C2CCC(N)CC2)c1N)NCc1ccccc1F. The van der Waals surface area contributed by atoms with Crippen molar-refractivity contribution in [2.45, 2.75) is 44.3 Å². The molecule has 9 heteroatoms. The van der Waals surface area contributed by atoms with Gasteiger partial charge in [-0.25, -0.2) is 14.4 Å². The van der Waals surface area contributed by atoms with Crippen molar-refractivity contribution in [3.8, 4) is 11.4 Å². The standard InChI is InChI=1S/C25H27Cl2FN6/c1-15(31-13-16-5-2-3-8-21(16)28)32-14-22-24(30)34(18-11-9-17(29)10-12-18)25(33-22)23-19(26)6-4-7-20(23)27/h2-8,14,17-18,31H,1,9-13,29-30H2/b32-14-. The monoisotopic (exact) mass is 500 g/mol. The topological polar surface area (TPSA) is 94.2 Å². The molecule has 1 aromatic heterocycles. The number of rotatable bonds is 7. The van der Waals surface area contributed by atoms with E-state index in [1.165, 1.54) is 6.07 Å². The van der Waals surface area contributed by atoms with Gasteiger partial charge in [0.25, 0.3) is 0 Å². The molecule has 1 fully saturated rings. The Kier molecular flexibility index (Phi) is 7.56. The smallest absolute Gasteiger partial charge is 0.145 e. The fourth-order valence-electron chi connectivity index (χ4n) is 4.20. The normalized spacial score (nSPS) is 18.4. The van der Waals surface area contributed by atoms with Gasteiger partial charge in [-0.05, 0) is 43.9 Å². The molecule has 0 unspecified atom stereocenters. The van der Waals surface area contributed by atoms with Gasteiger partial charge < -0.3 is 21.4 Å². The molecule has 0 spiro atoms. The number of imidazole rings is 1. The molecule has 0 atom stereocenters. The summed E-state index contributed by atoms with van der Waals surface area (Å²) in [6.45, 7) is 4.15. The van der Waals surface area contributed by atoms with Crippen molar-refractivity contribution in [1.82, 2.24) is 14.9 Å². The molecular formula is C25H27Cl2FN6. The lowest BCUT2D eigenvalue weighted by atomic mass is 9.91. The molecule has 1 saturated carbocycles. The highest BCUT2D eigenvalue weighted by Gasteiger charge is 2.27. The third-order valence-electron chi connectivity index (χ3n) is 6.05. The highest BCUT2D eigenvalue weighted by Crippen LogP contribution is 2.40. The minimum absolute atomic E-state index is 0.124. The number of aromatic nitrogens is 2. The van der Waals surface area contributed by atoms with Gasteiger partial charge in [-0.15, -0.1) is 0 Å². The van der Waals surface area contributed by atoms with E-state index >= 15 is 0 Å². The molecule has 1 aliphatic rings. The van der Waals surface area contributed by atoms with Crippen LogP contribution in [0.1, 0.15) is 43.0 Å². The van der Waals surface area contributed by atoms with E-state index in [4.69, 9.17) is 39.7 Å². The van der Waals surface area contributed by atoms with Crippen LogP contribution in [0.15, 0.2) is 59.9 Å². The molecule has 0 amide bonds. The lowest BCUT2D eigenvalue weighted by Gasteiger charge is -2.29. The number of nitrogens with one attached hydrogen (secondary N) is 1. The van der Waals surface area contributed by atoms with Crippen molar-refractivity contribution in [1.29, 1.82) is 0 Å². The van der Waals surface area contributed by atoms with Gasteiger partial charge >= 0.3 is 0 Å². The molecule has 0 bridgehead atoms. The number of anilines is 1. The molecule has 5 N–H and O–H groups in total. The summed E-state index contributed by atoms with van der Waals surface area (Å²) in [5, 5.41) is 3.99. The molecule has 3 aromatic rings. The Labute approximate surface area is 208 Å². The average molecular weight is 501 g/mol. The number of nitrogen functional groups attached to an aromatic ring is 1. The summed E-state index contributed by atoms with van der Waals surface area (Å²) in [6.07, 6.45) is 5.11. The summed E-state index contributed by atoms with van der Waals surface area (Å²) < 4.78 is 15.8. The third kappa shape index (κ3) is 5.27. The van der Waals surface area contributed by atoms with E-state index < -0.39 is 0 Å². The lowest BCUT2D eigenvalue weighted by molar-refractivity contribution is 0.328. The van der Waals surface area contributed by atoms with E-state index in [0.29, 0.717) is 44.3 Å². The van der Waals surface area contributed by atoms with Crippen molar-refractivity contribution < 1.29 is 4.39 Å². The van der Waals surface area contributed by atoms with Crippen LogP contribution >= 0.6 is 23.2 Å². The van der Waals surface area contributed by atoms with Gasteiger partial charge in [0.1, 0.15) is 29.0 Å². The Morgan fingerprint density at radius 1 is 1.15 bits per heavy atom. The first-order valence-corrected chi connectivity index (χ1v) is 11.9. The van der Waals surface area contributed by atoms with E-state index in [0.717, 1.165) is 25.7 Å². The molecule has 1 aliphatic carbocycles. The molecule has 1 heterocycles. The molecular weight excluding hydrogens is 474 g/mol. The molecule has 34 heavy (non-hydrogen) atoms. The van der Waals surface area contributed by atoms with Crippen molar-refractivity contribution in [2.75, 3.05) is 5.73 Å². The van der Waals surface area contributed by atoms with E-state index in [2.05, 4.69) is 16.9 Å². The zero-order valence-electron chi connectivity index (χ0n) is 18.6. The Balaban J connectivity index is 1.63. The van der Waals surface area contributed by atoms with E-state index in [9.17, 15) is 4.39 Å². The van der Waals surface area contributed by atoms with Gasteiger partial charge in [-0.2, -0.15) is 0 Å². The number of hydrogen-bond acceptors (Lipinski definition) is 5. The van der Waals surface area contributed by atoms with Crippen LogP contribution in [0.3, 0.4) is 0 Å². The molecule has 2 aromatic carbocycles. The van der Waals surface area contributed by atoms with Crippen LogP contribution in [-0.4, -0.2) is 21.8 Å². The maximum Gasteiger partial charge on any atom is 0.145 e. The number of nitrogens with zero attached hydrogens (tertiary/aromatic N) is 3. The van der Waals surface area contributed by atoms with Crippen LogP contribution in [0, 0.1) is 5.82 Å². The number of hydrogen-bond donors (Lipinski definition) is 3. The zero-order chi connectivity index (χ0) is 24.2. The first kappa shape index (κ1) is 24.3. The highest BCUT2D eigenvalue weighted by atomic mass is 35.5. The number of halogens is 3. The second-order valence-electron chi connectivity index (χ2n) is 8.39. The number of benzene rings is 2. The fourth-order valence-corrected chi connectivity index (χ4v) is 4.77. The van der Waals surface area contributed by atoms with Crippen LogP contribution in [-0.2, 0) is 6.54 Å². The Morgan fingerprint density at radius 2 is 1.82 bits per heavy atom. The summed E-state index contributed by atoms with van der Waals surface area (Å²) in [4.78, 5) is 9.12. The van der Waals surface area contributed by atoms with Crippen LogP contribution in [0.4, 0.5) is 10.2 Å². The molecule has 6 nitrogen and oxygen atoms in total. The fraction of sp³-hybridized carbons (Fsp3) is 0.280. The summed E-state index contributed by atoms with van der Waals surface area (Å²) in [6, 6.07) is 12.2. The summed E-state index contributed by atoms with van der Waals surface area (Å²) in [7, 11) is 0. The molecule has 0 saturated heterocycles. The predicted molar refractivity (Wildman–Crippen MR) is 138 cm³/mol. The number of aliphatic imine (C=N–C) groups is 1. The quantitative estimate of drug-likeness (QED) is 0.362. The lowest BCUT2D eigenvalue weighted by Crippen LogP contribution is -2.28. The Hall–Kier alpha value is -2.87. The first-order valence-electron chi connectivity index (χ1n) is 11.1. The Bertz CT molecular complexity index is 1190. The minimum Gasteiger partial charge on any atom is -0.383 e. The van der Waals surface area contributed by atoms with Crippen molar-refractivity contribution in [2.24, 2.45) is 10.7 Å². The van der Waals surface area contributed by atoms with E-state index in [1.54, 1.807) is 42.6 Å². The number of nitrogens with two attached hydrogens (primary N) is 2. The minimum atomic E-state index is -0.289. The van der Waals surface area contributed by atoms with Gasteiger partial charge in [0, 0.05) is 24.2 Å². The third-order valence-corrected chi connectivity index (χ3v) is 6.68. The van der Waals surface area contributed by atoms with E-state index in [-0.39, 0.29) is 24.4 Å². The summed E-state index contributed by atoms with van der Waals surface area (Å²) >= 11 is 13.0. The molecule has 0 aliphatic heterocycles. The van der Waals surface area contributed by atoms with Crippen molar-refractivity contribution in [3.63, 3.8) is 0 Å². The van der Waals surface area contributed by atoms with Crippen LogP contribution in [0.5, 0.6) is 0 Å². The average Bonchev–Trinajstić information content (AvgIpc) is 3.13. The largest absolute Gasteiger partial charge is 0.383 e. The van der Waals surface area contributed by atoms with Gasteiger partial charge in [-0.1, -0.05) is 54.0 Å². The van der Waals surface area contributed by atoms with Crippen LogP contribution < -0.4 is 16.8 Å². The highest BCUT2D eigenvalue weighted by molar-refractivity contribution is 6.39. The maximum atomic E-state index is 13.9. The van der Waals surface area contributed by atoms with E-state index in [1.807, 2.05) is 4.57 Å². The zero-order valence-corrected chi connectivity index (χ0v) is 20.2. The van der Waals surface area contributed by atoms with Crippen LogP contribution in [0.2, 0.25) is 10.0 Å². The summed E-state index contributed by atoms with van der Waals surface area (Å²) in [5.41, 5.74) is 14.3. The van der Waals surface area contributed by atoms with Gasteiger partial charge in [-0.3, -0.25) is 0 Å². The van der Waals surface area contributed by atoms with Gasteiger partial charge in [0.15, 0.2) is 0 Å². The second kappa shape index (κ2) is 10.6. The molecule has 0 radical (unpaired) electrons. The van der Waals surface area contributed by atoms with Crippen molar-refractivity contribution in [3.05, 3.63) is 82.0 Å². The van der Waals surface area contributed by atoms with Crippen molar-refractivity contribution >= 4 is 35.2 Å². The molecule has 178 valence electrons.